The van der Waals surface area contributed by atoms with Gasteiger partial charge in [-0.15, -0.1) is 0 Å². The molecule has 0 saturated heterocycles. The summed E-state index contributed by atoms with van der Waals surface area (Å²) in [4.78, 5) is 0. The quantitative estimate of drug-likeness (QED) is 0.514. The Balaban J connectivity index is 3.36. The fraction of sp³-hybridized carbons (Fsp3) is 1.00. The van der Waals surface area contributed by atoms with Gasteiger partial charge in [0.1, 0.15) is 0 Å². The first-order valence-electron chi connectivity index (χ1n) is 5.82. The van der Waals surface area contributed by atoms with E-state index in [0.717, 1.165) is 12.4 Å². The molecule has 2 nitrogen and oxygen atoms in total. The third kappa shape index (κ3) is 10.6. The summed E-state index contributed by atoms with van der Waals surface area (Å²) >= 11 is 4.31. The number of ether oxygens (including phenoxy) is 2. The van der Waals surface area contributed by atoms with Crippen LogP contribution in [0.15, 0.2) is 0 Å². The van der Waals surface area contributed by atoms with Gasteiger partial charge in [-0.2, -0.15) is 12.6 Å². The molecule has 0 bridgehead atoms. The van der Waals surface area contributed by atoms with Crippen molar-refractivity contribution in [1.82, 2.24) is 0 Å². The van der Waals surface area contributed by atoms with Crippen molar-refractivity contribution in [1.29, 1.82) is 0 Å². The summed E-state index contributed by atoms with van der Waals surface area (Å²) in [6, 6.07) is 0. The molecule has 0 aliphatic carbocycles. The van der Waals surface area contributed by atoms with Crippen molar-refractivity contribution in [2.45, 2.75) is 46.1 Å². The molecule has 1 atom stereocenters. The van der Waals surface area contributed by atoms with Gasteiger partial charge in [-0.3, -0.25) is 0 Å². The van der Waals surface area contributed by atoms with E-state index >= 15 is 0 Å². The molecular weight excluding hydrogens is 208 g/mol. The second-order valence-electron chi connectivity index (χ2n) is 4.87. The van der Waals surface area contributed by atoms with Crippen molar-refractivity contribution in [2.24, 2.45) is 5.92 Å². The van der Waals surface area contributed by atoms with Crippen molar-refractivity contribution in [3.05, 3.63) is 0 Å². The fourth-order valence-electron chi connectivity index (χ4n) is 1.29. The molecule has 0 rings (SSSR count). The summed E-state index contributed by atoms with van der Waals surface area (Å²) in [5.41, 5.74) is -0.0598. The summed E-state index contributed by atoms with van der Waals surface area (Å²) in [6.07, 6.45) is 2.40. The topological polar surface area (TPSA) is 18.5 Å². The Kier molecular flexibility index (Phi) is 8.58. The molecule has 0 N–H and O–H groups in total. The highest BCUT2D eigenvalue weighted by molar-refractivity contribution is 7.80. The third-order valence-corrected chi connectivity index (χ3v) is 2.59. The van der Waals surface area contributed by atoms with Crippen LogP contribution >= 0.6 is 12.6 Å². The normalized spacial score (nSPS) is 14.2. The Hall–Kier alpha value is 0.270. The molecule has 15 heavy (non-hydrogen) atoms. The molecule has 0 aromatic rings. The zero-order valence-corrected chi connectivity index (χ0v) is 11.5. The van der Waals surface area contributed by atoms with Crippen LogP contribution in [0.25, 0.3) is 0 Å². The average Bonchev–Trinajstić information content (AvgIpc) is 2.14. The minimum Gasteiger partial charge on any atom is -0.379 e. The van der Waals surface area contributed by atoms with Gasteiger partial charge in [0.25, 0.3) is 0 Å². The Morgan fingerprint density at radius 1 is 1.20 bits per heavy atom. The molecule has 0 aliphatic heterocycles. The Labute approximate surface area is 100 Å². The molecule has 0 radical (unpaired) electrons. The minimum absolute atomic E-state index is 0.0598. The average molecular weight is 234 g/mol. The minimum atomic E-state index is -0.0598. The van der Waals surface area contributed by atoms with Crippen LogP contribution in [0.5, 0.6) is 0 Å². The van der Waals surface area contributed by atoms with Gasteiger partial charge in [0, 0.05) is 0 Å². The molecule has 0 aromatic carbocycles. The summed E-state index contributed by atoms with van der Waals surface area (Å²) in [7, 11) is 0. The number of hydrogen-bond acceptors (Lipinski definition) is 3. The van der Waals surface area contributed by atoms with Gasteiger partial charge in [0.05, 0.1) is 25.4 Å². The van der Waals surface area contributed by atoms with E-state index in [0.29, 0.717) is 19.1 Å². The van der Waals surface area contributed by atoms with Crippen LogP contribution in [0.1, 0.15) is 40.5 Å². The third-order valence-electron chi connectivity index (χ3n) is 2.07. The molecule has 92 valence electrons. The van der Waals surface area contributed by atoms with E-state index in [2.05, 4.69) is 40.3 Å². The first-order chi connectivity index (χ1) is 6.99. The van der Waals surface area contributed by atoms with Crippen LogP contribution in [-0.2, 0) is 9.47 Å². The highest BCUT2D eigenvalue weighted by Crippen LogP contribution is 2.09. The lowest BCUT2D eigenvalue weighted by molar-refractivity contribution is -0.0386. The summed E-state index contributed by atoms with van der Waals surface area (Å²) in [6.45, 7) is 10.5. The van der Waals surface area contributed by atoms with E-state index in [1.165, 1.54) is 12.8 Å². The molecular formula is C12H26O2S. The van der Waals surface area contributed by atoms with E-state index in [1.54, 1.807) is 0 Å². The maximum atomic E-state index is 5.56. The standard InChI is InChI=1S/C12H26O2S/c1-5-6-11(10-15)9-13-7-8-14-12(2,3)4/h11,15H,5-10H2,1-4H3. The van der Waals surface area contributed by atoms with Gasteiger partial charge >= 0.3 is 0 Å². The number of rotatable bonds is 8. The molecule has 0 spiro atoms. The Morgan fingerprint density at radius 2 is 1.87 bits per heavy atom. The molecule has 0 fully saturated rings. The predicted molar refractivity (Wildman–Crippen MR) is 68.8 cm³/mol. The van der Waals surface area contributed by atoms with E-state index in [9.17, 15) is 0 Å². The van der Waals surface area contributed by atoms with Crippen molar-refractivity contribution in [3.63, 3.8) is 0 Å². The maximum absolute atomic E-state index is 5.56. The number of thiol groups is 1. The van der Waals surface area contributed by atoms with Gasteiger partial charge in [0.15, 0.2) is 0 Å². The van der Waals surface area contributed by atoms with Crippen molar-refractivity contribution in [2.75, 3.05) is 25.6 Å². The summed E-state index contributed by atoms with van der Waals surface area (Å²) < 4.78 is 11.1. The van der Waals surface area contributed by atoms with Gasteiger partial charge in [-0.05, 0) is 38.9 Å². The van der Waals surface area contributed by atoms with E-state index in [4.69, 9.17) is 9.47 Å². The largest absolute Gasteiger partial charge is 0.379 e. The van der Waals surface area contributed by atoms with Crippen LogP contribution in [0, 0.1) is 5.92 Å². The lowest BCUT2D eigenvalue weighted by atomic mass is 10.1. The van der Waals surface area contributed by atoms with Crippen LogP contribution in [-0.4, -0.2) is 31.2 Å². The second-order valence-corrected chi connectivity index (χ2v) is 5.24. The van der Waals surface area contributed by atoms with Gasteiger partial charge in [-0.1, -0.05) is 13.3 Å². The lowest BCUT2D eigenvalue weighted by Crippen LogP contribution is -2.22. The van der Waals surface area contributed by atoms with Gasteiger partial charge < -0.3 is 9.47 Å². The van der Waals surface area contributed by atoms with Crippen LogP contribution in [0.2, 0.25) is 0 Å². The van der Waals surface area contributed by atoms with Crippen LogP contribution in [0.4, 0.5) is 0 Å². The summed E-state index contributed by atoms with van der Waals surface area (Å²) in [5.74, 6) is 1.50. The Morgan fingerprint density at radius 3 is 2.33 bits per heavy atom. The molecule has 1 unspecified atom stereocenters. The van der Waals surface area contributed by atoms with Crippen molar-refractivity contribution >= 4 is 12.6 Å². The van der Waals surface area contributed by atoms with Gasteiger partial charge in [0.2, 0.25) is 0 Å². The van der Waals surface area contributed by atoms with E-state index in [-0.39, 0.29) is 5.60 Å². The highest BCUT2D eigenvalue weighted by atomic mass is 32.1. The first-order valence-corrected chi connectivity index (χ1v) is 6.45. The zero-order chi connectivity index (χ0) is 11.7. The molecule has 0 aromatic heterocycles. The lowest BCUT2D eigenvalue weighted by Gasteiger charge is -2.20. The SMILES string of the molecule is CCCC(CS)COCCOC(C)(C)C. The monoisotopic (exact) mass is 234 g/mol. The molecule has 0 heterocycles. The Bertz CT molecular complexity index is 143. The fourth-order valence-corrected chi connectivity index (χ4v) is 1.58. The maximum Gasteiger partial charge on any atom is 0.0707 e. The van der Waals surface area contributed by atoms with Crippen LogP contribution < -0.4 is 0 Å². The molecule has 0 aliphatic rings. The first kappa shape index (κ1) is 15.3. The zero-order valence-electron chi connectivity index (χ0n) is 10.6. The predicted octanol–water partition coefficient (Wildman–Crippen LogP) is 3.16. The molecule has 0 amide bonds. The van der Waals surface area contributed by atoms with E-state index in [1.807, 2.05) is 0 Å². The van der Waals surface area contributed by atoms with Gasteiger partial charge in [-0.25, -0.2) is 0 Å². The van der Waals surface area contributed by atoms with E-state index < -0.39 is 0 Å². The highest BCUT2D eigenvalue weighted by Gasteiger charge is 2.10. The molecule has 0 saturated carbocycles. The molecule has 3 heteroatoms. The van der Waals surface area contributed by atoms with Crippen molar-refractivity contribution < 1.29 is 9.47 Å². The van der Waals surface area contributed by atoms with Crippen LogP contribution in [0.3, 0.4) is 0 Å². The van der Waals surface area contributed by atoms with Crippen molar-refractivity contribution in [3.8, 4) is 0 Å². The number of hydrogen-bond donors (Lipinski definition) is 1. The smallest absolute Gasteiger partial charge is 0.0707 e. The second kappa shape index (κ2) is 8.43. The summed E-state index contributed by atoms with van der Waals surface area (Å²) in [5, 5.41) is 0.